The van der Waals surface area contributed by atoms with Crippen molar-refractivity contribution in [3.63, 3.8) is 0 Å². The minimum atomic E-state index is -0.386. The summed E-state index contributed by atoms with van der Waals surface area (Å²) in [6.45, 7) is 1.90. The van der Waals surface area contributed by atoms with Gasteiger partial charge in [-0.2, -0.15) is 0 Å². The molecule has 0 bridgehead atoms. The zero-order valence-corrected chi connectivity index (χ0v) is 14.2. The highest BCUT2D eigenvalue weighted by Gasteiger charge is 2.05. The maximum absolute atomic E-state index is 12.0. The number of ether oxygens (including phenoxy) is 1. The summed E-state index contributed by atoms with van der Waals surface area (Å²) >= 11 is 3.39. The van der Waals surface area contributed by atoms with E-state index in [1.54, 1.807) is 12.1 Å². The Morgan fingerprint density at radius 2 is 1.83 bits per heavy atom. The van der Waals surface area contributed by atoms with Gasteiger partial charge in [0.25, 0.3) is 0 Å². The summed E-state index contributed by atoms with van der Waals surface area (Å²) in [6, 6.07) is 19.6. The van der Waals surface area contributed by atoms with Gasteiger partial charge in [-0.25, -0.2) is 4.79 Å². The Morgan fingerprint density at radius 1 is 1.04 bits per heavy atom. The van der Waals surface area contributed by atoms with Gasteiger partial charge in [-0.1, -0.05) is 58.4 Å². The van der Waals surface area contributed by atoms with E-state index in [1.807, 2.05) is 49.4 Å². The van der Waals surface area contributed by atoms with Gasteiger partial charge in [-0.3, -0.25) is 0 Å². The second-order valence-corrected chi connectivity index (χ2v) is 6.15. The Labute approximate surface area is 143 Å². The van der Waals surface area contributed by atoms with Crippen LogP contribution in [-0.2, 0) is 4.79 Å². The molecule has 0 aliphatic carbocycles. The van der Waals surface area contributed by atoms with Crippen LogP contribution in [0.15, 0.2) is 71.2 Å². The van der Waals surface area contributed by atoms with Gasteiger partial charge in [0, 0.05) is 10.5 Å². The van der Waals surface area contributed by atoms with Crippen LogP contribution in [0.5, 0.6) is 5.75 Å². The maximum Gasteiger partial charge on any atom is 0.336 e. The number of hydrogen-bond donors (Lipinski definition) is 0. The van der Waals surface area contributed by atoms with E-state index in [4.69, 9.17) is 4.74 Å². The average molecular weight is 367 g/mol. The van der Waals surface area contributed by atoms with E-state index in [9.17, 15) is 4.79 Å². The van der Waals surface area contributed by atoms with Crippen LogP contribution in [0.4, 0.5) is 0 Å². The Balaban J connectivity index is 1.80. The molecule has 3 heteroatoms. The third-order valence-electron chi connectivity index (χ3n) is 3.57. The van der Waals surface area contributed by atoms with Crippen LogP contribution in [0, 0.1) is 6.92 Å². The molecule has 0 unspecified atom stereocenters. The van der Waals surface area contributed by atoms with Crippen molar-refractivity contribution in [2.75, 3.05) is 0 Å². The quantitative estimate of drug-likeness (QED) is 0.346. The second-order valence-electron chi connectivity index (χ2n) is 5.23. The predicted molar refractivity (Wildman–Crippen MR) is 97.5 cm³/mol. The number of carbonyl (C=O) groups excluding carboxylic acids is 1. The number of rotatable bonds is 3. The van der Waals surface area contributed by atoms with Crippen LogP contribution in [0.25, 0.3) is 16.8 Å². The highest BCUT2D eigenvalue weighted by atomic mass is 79.9. The molecule has 0 saturated carbocycles. The van der Waals surface area contributed by atoms with Crippen LogP contribution in [0.3, 0.4) is 0 Å². The van der Waals surface area contributed by atoms with Gasteiger partial charge in [-0.05, 0) is 53.1 Å². The molecule has 3 aromatic carbocycles. The van der Waals surface area contributed by atoms with Gasteiger partial charge in [0.1, 0.15) is 5.75 Å². The molecular formula is C20H15BrO2. The molecule has 2 nitrogen and oxygen atoms in total. The summed E-state index contributed by atoms with van der Waals surface area (Å²) in [4.78, 5) is 12.0. The monoisotopic (exact) mass is 366 g/mol. The first-order chi connectivity index (χ1) is 11.1. The third-order valence-corrected chi connectivity index (χ3v) is 4.06. The molecule has 0 radical (unpaired) electrons. The molecule has 0 heterocycles. The molecule has 0 aromatic heterocycles. The third kappa shape index (κ3) is 3.69. The first-order valence-corrected chi connectivity index (χ1v) is 8.06. The highest BCUT2D eigenvalue weighted by Crippen LogP contribution is 2.23. The molecular weight excluding hydrogens is 352 g/mol. The lowest BCUT2D eigenvalue weighted by Crippen LogP contribution is -2.04. The van der Waals surface area contributed by atoms with Crippen molar-refractivity contribution >= 4 is 38.7 Å². The largest absolute Gasteiger partial charge is 0.423 e. The molecule has 3 rings (SSSR count). The molecule has 0 N–H and O–H groups in total. The smallest absolute Gasteiger partial charge is 0.336 e. The normalized spacial score (nSPS) is 11.0. The summed E-state index contributed by atoms with van der Waals surface area (Å²) < 4.78 is 6.35. The number of fused-ring (bicyclic) bond motifs is 1. The van der Waals surface area contributed by atoms with Gasteiger partial charge in [0.05, 0.1) is 0 Å². The fourth-order valence-electron chi connectivity index (χ4n) is 2.42. The summed E-state index contributed by atoms with van der Waals surface area (Å²) in [5.41, 5.74) is 1.90. The van der Waals surface area contributed by atoms with E-state index in [0.29, 0.717) is 5.75 Å². The van der Waals surface area contributed by atoms with E-state index in [2.05, 4.69) is 28.1 Å². The second kappa shape index (κ2) is 6.80. The Morgan fingerprint density at radius 3 is 2.65 bits per heavy atom. The van der Waals surface area contributed by atoms with Crippen molar-refractivity contribution in [1.29, 1.82) is 0 Å². The van der Waals surface area contributed by atoms with Crippen molar-refractivity contribution in [3.8, 4) is 5.75 Å². The average Bonchev–Trinajstić information content (AvgIpc) is 2.55. The number of aryl methyl sites for hydroxylation is 1. The zero-order valence-electron chi connectivity index (χ0n) is 12.6. The molecule has 0 atom stereocenters. The maximum atomic E-state index is 12.0. The van der Waals surface area contributed by atoms with Crippen molar-refractivity contribution in [1.82, 2.24) is 0 Å². The van der Waals surface area contributed by atoms with Gasteiger partial charge >= 0.3 is 5.97 Å². The Bertz CT molecular complexity index is 892. The molecule has 0 amide bonds. The molecule has 0 saturated heterocycles. The SMILES string of the molecule is Cc1cc(Br)ccc1OC(=O)C=Cc1cccc2ccccc12. The number of benzene rings is 3. The number of hydrogen-bond acceptors (Lipinski definition) is 2. The molecule has 0 fully saturated rings. The molecule has 0 spiro atoms. The summed E-state index contributed by atoms with van der Waals surface area (Å²) in [5.74, 6) is 0.184. The Hall–Kier alpha value is -2.39. The minimum Gasteiger partial charge on any atom is -0.423 e. The fraction of sp³-hybridized carbons (Fsp3) is 0.0500. The van der Waals surface area contributed by atoms with Crippen molar-refractivity contribution in [3.05, 3.63) is 82.3 Å². The number of halogens is 1. The van der Waals surface area contributed by atoms with Gasteiger partial charge in [0.15, 0.2) is 0 Å². The standard InChI is InChI=1S/C20H15BrO2/c1-14-13-17(21)10-11-19(14)23-20(22)12-9-16-7-4-6-15-5-2-3-8-18(15)16/h2-13H,1H3. The summed E-state index contributed by atoms with van der Waals surface area (Å²) in [7, 11) is 0. The minimum absolute atomic E-state index is 0.386. The number of esters is 1. The highest BCUT2D eigenvalue weighted by molar-refractivity contribution is 9.10. The summed E-state index contributed by atoms with van der Waals surface area (Å²) in [6.07, 6.45) is 3.25. The summed E-state index contributed by atoms with van der Waals surface area (Å²) in [5, 5.41) is 2.26. The van der Waals surface area contributed by atoms with E-state index >= 15 is 0 Å². The molecule has 23 heavy (non-hydrogen) atoms. The molecule has 0 aliphatic rings. The predicted octanol–water partition coefficient (Wildman–Crippen LogP) is 5.53. The first kappa shape index (κ1) is 15.5. The Kier molecular flexibility index (Phi) is 4.58. The van der Waals surface area contributed by atoms with Gasteiger partial charge < -0.3 is 4.74 Å². The van der Waals surface area contributed by atoms with E-state index in [1.165, 1.54) is 6.08 Å². The van der Waals surface area contributed by atoms with Crippen molar-refractivity contribution in [2.45, 2.75) is 6.92 Å². The van der Waals surface area contributed by atoms with E-state index < -0.39 is 0 Å². The van der Waals surface area contributed by atoms with Crippen LogP contribution < -0.4 is 4.74 Å². The van der Waals surface area contributed by atoms with Crippen molar-refractivity contribution in [2.24, 2.45) is 0 Å². The van der Waals surface area contributed by atoms with Crippen LogP contribution in [0.2, 0.25) is 0 Å². The molecule has 0 aliphatic heterocycles. The lowest BCUT2D eigenvalue weighted by molar-refractivity contribution is -0.128. The zero-order chi connectivity index (χ0) is 16.2. The topological polar surface area (TPSA) is 26.3 Å². The fourth-order valence-corrected chi connectivity index (χ4v) is 2.90. The lowest BCUT2D eigenvalue weighted by Gasteiger charge is -2.05. The van der Waals surface area contributed by atoms with Crippen LogP contribution in [-0.4, -0.2) is 5.97 Å². The molecule has 3 aromatic rings. The van der Waals surface area contributed by atoms with Crippen LogP contribution in [0.1, 0.15) is 11.1 Å². The van der Waals surface area contributed by atoms with E-state index in [-0.39, 0.29) is 5.97 Å². The van der Waals surface area contributed by atoms with E-state index in [0.717, 1.165) is 26.4 Å². The van der Waals surface area contributed by atoms with Gasteiger partial charge in [0.2, 0.25) is 0 Å². The first-order valence-electron chi connectivity index (χ1n) is 7.27. The van der Waals surface area contributed by atoms with Crippen molar-refractivity contribution < 1.29 is 9.53 Å². The van der Waals surface area contributed by atoms with Crippen LogP contribution >= 0.6 is 15.9 Å². The lowest BCUT2D eigenvalue weighted by atomic mass is 10.0. The number of carbonyl (C=O) groups is 1. The van der Waals surface area contributed by atoms with Gasteiger partial charge in [-0.15, -0.1) is 0 Å². The molecule has 114 valence electrons.